The summed E-state index contributed by atoms with van der Waals surface area (Å²) in [6.07, 6.45) is 18.7. The molecule has 0 spiro atoms. The summed E-state index contributed by atoms with van der Waals surface area (Å²) in [4.78, 5) is 10.8. The third-order valence-electron chi connectivity index (χ3n) is 5.32. The van der Waals surface area contributed by atoms with Crippen molar-refractivity contribution in [2.24, 2.45) is 0 Å². The molecule has 0 saturated heterocycles. The van der Waals surface area contributed by atoms with E-state index < -0.39 is 21.3 Å². The van der Waals surface area contributed by atoms with Gasteiger partial charge in [-0.05, 0) is 50.5 Å². The second kappa shape index (κ2) is 16.1. The van der Waals surface area contributed by atoms with Crippen molar-refractivity contribution in [1.29, 1.82) is 0 Å². The number of carboxylic acids is 1. The van der Waals surface area contributed by atoms with Crippen LogP contribution in [0.5, 0.6) is 0 Å². The zero-order valence-corrected chi connectivity index (χ0v) is 18.9. The number of aryl methyl sites for hydroxylation is 1. The minimum atomic E-state index is -4.51. The van der Waals surface area contributed by atoms with Crippen LogP contribution in [0.15, 0.2) is 42.5 Å². The Labute approximate surface area is 182 Å². The van der Waals surface area contributed by atoms with E-state index in [4.69, 9.17) is 9.66 Å². The number of aliphatic carboxylic acids is 1. The Kier molecular flexibility index (Phi) is 14.1. The minimum absolute atomic E-state index is 0.0315. The Morgan fingerprint density at radius 2 is 1.30 bits per heavy atom. The van der Waals surface area contributed by atoms with Crippen LogP contribution in [0.1, 0.15) is 89.0 Å². The summed E-state index contributed by atoms with van der Waals surface area (Å²) in [7, 11) is -4.51. The first-order valence-electron chi connectivity index (χ1n) is 11.3. The molecule has 2 N–H and O–H groups in total. The summed E-state index contributed by atoms with van der Waals surface area (Å²) in [5.41, 5.74) is 1.44. The molecular formula is C24H38O5S. The number of hydrogen-bond donors (Lipinski definition) is 2. The van der Waals surface area contributed by atoms with Crippen LogP contribution in [0.25, 0.3) is 0 Å². The number of carbonyl (C=O) groups is 1. The van der Waals surface area contributed by atoms with E-state index >= 15 is 0 Å². The van der Waals surface area contributed by atoms with E-state index in [1.807, 2.05) is 0 Å². The van der Waals surface area contributed by atoms with Crippen molar-refractivity contribution in [2.75, 3.05) is 0 Å². The fourth-order valence-electron chi connectivity index (χ4n) is 3.52. The summed E-state index contributed by atoms with van der Waals surface area (Å²) < 4.78 is 30.8. The lowest BCUT2D eigenvalue weighted by Crippen LogP contribution is -2.29. The van der Waals surface area contributed by atoms with Crippen LogP contribution < -0.4 is 0 Å². The summed E-state index contributed by atoms with van der Waals surface area (Å²) in [6, 6.07) is 10.7. The van der Waals surface area contributed by atoms with E-state index in [9.17, 15) is 13.2 Å². The standard InChI is InChI=1S/C24H38O5S/c25-24(26)23(30(27,28)29)21-17-12-10-8-6-4-2-1-3-5-7-9-11-14-18-22-19-15-13-16-20-22/h2,4,13,15-16,19-20,23H,1,3,5-12,14,17-18,21H2,(H,25,26)(H,27,28,29). The van der Waals surface area contributed by atoms with E-state index in [1.54, 1.807) is 0 Å². The van der Waals surface area contributed by atoms with Gasteiger partial charge in [-0.3, -0.25) is 9.35 Å². The van der Waals surface area contributed by atoms with Gasteiger partial charge < -0.3 is 5.11 Å². The normalized spacial score (nSPS) is 13.0. The maximum absolute atomic E-state index is 11.0. The number of carboxylic acid groups (broad SMARTS) is 1. The van der Waals surface area contributed by atoms with Gasteiger partial charge in [0.25, 0.3) is 10.1 Å². The molecule has 5 nitrogen and oxygen atoms in total. The Balaban J connectivity index is 1.87. The van der Waals surface area contributed by atoms with Crippen molar-refractivity contribution in [3.05, 3.63) is 48.0 Å². The molecule has 1 atom stereocenters. The quantitative estimate of drug-likeness (QED) is 0.162. The van der Waals surface area contributed by atoms with Gasteiger partial charge in [0.15, 0.2) is 5.25 Å². The summed E-state index contributed by atoms with van der Waals surface area (Å²) in [6.45, 7) is 0. The zero-order valence-electron chi connectivity index (χ0n) is 18.0. The van der Waals surface area contributed by atoms with Crippen LogP contribution in [-0.4, -0.2) is 29.3 Å². The summed E-state index contributed by atoms with van der Waals surface area (Å²) in [5.74, 6) is -1.48. The molecule has 0 saturated carbocycles. The second-order valence-electron chi connectivity index (χ2n) is 7.95. The highest BCUT2D eigenvalue weighted by atomic mass is 32.2. The van der Waals surface area contributed by atoms with Gasteiger partial charge in [0.2, 0.25) is 0 Å². The Hall–Kier alpha value is -1.66. The molecule has 1 aromatic rings. The Morgan fingerprint density at radius 1 is 0.800 bits per heavy atom. The number of allylic oxidation sites excluding steroid dienone is 2. The van der Waals surface area contributed by atoms with Gasteiger partial charge in [-0.1, -0.05) is 87.4 Å². The predicted molar refractivity (Wildman–Crippen MR) is 122 cm³/mol. The Morgan fingerprint density at radius 3 is 1.83 bits per heavy atom. The highest BCUT2D eigenvalue weighted by molar-refractivity contribution is 7.87. The number of benzene rings is 1. The van der Waals surface area contributed by atoms with Crippen molar-refractivity contribution < 1.29 is 22.9 Å². The predicted octanol–water partition coefficient (Wildman–Crippen LogP) is 6.20. The molecule has 1 rings (SSSR count). The van der Waals surface area contributed by atoms with Gasteiger partial charge in [-0.25, -0.2) is 0 Å². The van der Waals surface area contributed by atoms with Gasteiger partial charge in [0, 0.05) is 0 Å². The first kappa shape index (κ1) is 26.4. The smallest absolute Gasteiger partial charge is 0.324 e. The van der Waals surface area contributed by atoms with Crippen LogP contribution in [-0.2, 0) is 21.3 Å². The second-order valence-corrected chi connectivity index (χ2v) is 9.55. The molecule has 0 radical (unpaired) electrons. The van der Waals surface area contributed by atoms with Crippen LogP contribution in [0.3, 0.4) is 0 Å². The van der Waals surface area contributed by atoms with Crippen molar-refractivity contribution >= 4 is 16.1 Å². The van der Waals surface area contributed by atoms with Gasteiger partial charge in [0.1, 0.15) is 0 Å². The largest absolute Gasteiger partial charge is 0.480 e. The molecule has 0 aliphatic rings. The van der Waals surface area contributed by atoms with Crippen molar-refractivity contribution in [1.82, 2.24) is 0 Å². The fourth-order valence-corrected chi connectivity index (χ4v) is 4.24. The third kappa shape index (κ3) is 13.5. The zero-order chi connectivity index (χ0) is 22.1. The first-order valence-corrected chi connectivity index (χ1v) is 12.8. The lowest BCUT2D eigenvalue weighted by molar-refractivity contribution is -0.136. The van der Waals surface area contributed by atoms with Crippen LogP contribution >= 0.6 is 0 Å². The lowest BCUT2D eigenvalue weighted by atomic mass is 10.0. The summed E-state index contributed by atoms with van der Waals surface area (Å²) >= 11 is 0. The van der Waals surface area contributed by atoms with E-state index in [0.29, 0.717) is 6.42 Å². The molecule has 0 bridgehead atoms. The minimum Gasteiger partial charge on any atom is -0.480 e. The maximum atomic E-state index is 11.0. The maximum Gasteiger partial charge on any atom is 0.324 e. The molecule has 0 heterocycles. The van der Waals surface area contributed by atoms with Gasteiger partial charge in [-0.2, -0.15) is 8.42 Å². The molecule has 6 heteroatoms. The molecule has 0 aliphatic carbocycles. The van der Waals surface area contributed by atoms with E-state index in [1.165, 1.54) is 50.5 Å². The molecular weight excluding hydrogens is 400 g/mol. The van der Waals surface area contributed by atoms with E-state index in [0.717, 1.165) is 32.1 Å². The highest BCUT2D eigenvalue weighted by Gasteiger charge is 2.29. The average molecular weight is 439 g/mol. The van der Waals surface area contributed by atoms with Crippen molar-refractivity contribution in [3.8, 4) is 0 Å². The number of unbranched alkanes of at least 4 members (excludes halogenated alkanes) is 10. The van der Waals surface area contributed by atoms with E-state index in [2.05, 4.69) is 42.5 Å². The number of hydrogen-bond acceptors (Lipinski definition) is 3. The number of rotatable bonds is 18. The van der Waals surface area contributed by atoms with Gasteiger partial charge >= 0.3 is 5.97 Å². The Bertz CT molecular complexity index is 698. The van der Waals surface area contributed by atoms with E-state index in [-0.39, 0.29) is 6.42 Å². The molecule has 0 fully saturated rings. The van der Waals surface area contributed by atoms with Gasteiger partial charge in [0.05, 0.1) is 0 Å². The topological polar surface area (TPSA) is 91.7 Å². The monoisotopic (exact) mass is 438 g/mol. The highest BCUT2D eigenvalue weighted by Crippen LogP contribution is 2.14. The first-order chi connectivity index (χ1) is 14.4. The van der Waals surface area contributed by atoms with Crippen LogP contribution in [0.4, 0.5) is 0 Å². The van der Waals surface area contributed by atoms with Crippen molar-refractivity contribution in [3.63, 3.8) is 0 Å². The molecule has 30 heavy (non-hydrogen) atoms. The van der Waals surface area contributed by atoms with Crippen LogP contribution in [0, 0.1) is 0 Å². The summed E-state index contributed by atoms with van der Waals surface area (Å²) in [5, 5.41) is 7.13. The van der Waals surface area contributed by atoms with Crippen LogP contribution in [0.2, 0.25) is 0 Å². The molecule has 1 aromatic carbocycles. The molecule has 0 aliphatic heterocycles. The third-order valence-corrected chi connectivity index (χ3v) is 6.47. The fraction of sp³-hybridized carbons (Fsp3) is 0.625. The molecule has 170 valence electrons. The lowest BCUT2D eigenvalue weighted by Gasteiger charge is -2.08. The van der Waals surface area contributed by atoms with Crippen molar-refractivity contribution in [2.45, 2.75) is 95.1 Å². The van der Waals surface area contributed by atoms with Gasteiger partial charge in [-0.15, -0.1) is 0 Å². The molecule has 0 aromatic heterocycles. The SMILES string of the molecule is O=C(O)C(CCCCCCC=CCCCCCCCCc1ccccc1)S(=O)(=O)O. The molecule has 1 unspecified atom stereocenters. The molecule has 0 amide bonds. The average Bonchev–Trinajstić information content (AvgIpc) is 2.69.